The van der Waals surface area contributed by atoms with Crippen LogP contribution in [-0.4, -0.2) is 83.3 Å². The third kappa shape index (κ3) is 6.80. The fourth-order valence-electron chi connectivity index (χ4n) is 5.52. The summed E-state index contributed by atoms with van der Waals surface area (Å²) in [5, 5.41) is 5.42. The van der Waals surface area contributed by atoms with Gasteiger partial charge in [0.2, 0.25) is 5.88 Å². The van der Waals surface area contributed by atoms with Crippen molar-refractivity contribution in [3.63, 3.8) is 0 Å². The highest BCUT2D eigenvalue weighted by Gasteiger charge is 2.32. The Morgan fingerprint density at radius 1 is 1.05 bits per heavy atom. The Bertz CT molecular complexity index is 1500. The van der Waals surface area contributed by atoms with E-state index in [1.165, 1.54) is 0 Å². The van der Waals surface area contributed by atoms with Crippen molar-refractivity contribution in [2.24, 2.45) is 0 Å². The van der Waals surface area contributed by atoms with Gasteiger partial charge in [-0.1, -0.05) is 19.2 Å². The van der Waals surface area contributed by atoms with Crippen molar-refractivity contribution in [1.29, 1.82) is 0 Å². The quantitative estimate of drug-likeness (QED) is 0.176. The van der Waals surface area contributed by atoms with Crippen LogP contribution in [0.2, 0.25) is 19.1 Å². The van der Waals surface area contributed by atoms with E-state index in [-0.39, 0.29) is 12.1 Å². The van der Waals surface area contributed by atoms with Crippen LogP contribution in [0.25, 0.3) is 22.2 Å². The molecule has 4 aromatic rings. The minimum atomic E-state index is -0.615. The largest absolute Gasteiger partial charge is 0.448 e. The van der Waals surface area contributed by atoms with Gasteiger partial charge in [-0.2, -0.15) is 5.10 Å². The summed E-state index contributed by atoms with van der Waals surface area (Å²) in [5.74, 6) is 1.24. The number of fused-ring (bicyclic) bond motifs is 1. The second-order valence-electron chi connectivity index (χ2n) is 11.4. The van der Waals surface area contributed by atoms with E-state index in [4.69, 9.17) is 19.2 Å². The number of hydrogen-bond donors (Lipinski definition) is 0. The van der Waals surface area contributed by atoms with Crippen molar-refractivity contribution in [3.8, 4) is 22.9 Å². The van der Waals surface area contributed by atoms with E-state index >= 15 is 0 Å². The number of carbonyl (C=O) groups is 1. The van der Waals surface area contributed by atoms with E-state index in [0.29, 0.717) is 31.5 Å². The van der Waals surface area contributed by atoms with E-state index in [1.807, 2.05) is 46.0 Å². The van der Waals surface area contributed by atoms with Crippen LogP contribution in [0, 0.1) is 0 Å². The first kappa shape index (κ1) is 28.3. The molecular weight excluding hydrogens is 548 g/mol. The van der Waals surface area contributed by atoms with Crippen LogP contribution in [0.3, 0.4) is 0 Å². The maximum atomic E-state index is 11.9. The number of ether oxygens (including phenoxy) is 3. The lowest BCUT2D eigenvalue weighted by Gasteiger charge is -2.35. The summed E-state index contributed by atoms with van der Waals surface area (Å²) in [4.78, 5) is 25.6. The van der Waals surface area contributed by atoms with Crippen LogP contribution in [0.15, 0.2) is 60.9 Å². The zero-order valence-corrected chi connectivity index (χ0v) is 25.5. The number of rotatable bonds is 11. The van der Waals surface area contributed by atoms with Crippen LogP contribution < -0.4 is 4.74 Å². The van der Waals surface area contributed by atoms with Crippen molar-refractivity contribution in [3.05, 3.63) is 66.6 Å². The van der Waals surface area contributed by atoms with Crippen molar-refractivity contribution >= 4 is 25.8 Å². The second kappa shape index (κ2) is 13.0. The van der Waals surface area contributed by atoms with Gasteiger partial charge in [0.05, 0.1) is 23.4 Å². The first-order valence-corrected chi connectivity index (χ1v) is 17.9. The Morgan fingerprint density at radius 2 is 1.93 bits per heavy atom. The average molecular weight is 587 g/mol. The number of carbonyl (C=O) groups excluding carboxylic acids is 1. The van der Waals surface area contributed by atoms with Gasteiger partial charge in [0.1, 0.15) is 19.1 Å². The van der Waals surface area contributed by atoms with Gasteiger partial charge in [0.25, 0.3) is 0 Å². The Labute approximate surface area is 247 Å². The molecule has 2 aliphatic heterocycles. The van der Waals surface area contributed by atoms with Gasteiger partial charge in [-0.05, 0) is 55.3 Å². The lowest BCUT2D eigenvalue weighted by Crippen LogP contribution is -2.45. The smallest absolute Gasteiger partial charge is 0.410 e. The number of benzene rings is 1. The van der Waals surface area contributed by atoms with E-state index in [1.54, 1.807) is 12.4 Å². The summed E-state index contributed by atoms with van der Waals surface area (Å²) in [7, 11) is -0.615. The number of nitrogens with zero attached hydrogens (tertiary/aromatic N) is 6. The predicted octanol–water partition coefficient (Wildman–Crippen LogP) is 5.16. The summed E-state index contributed by atoms with van der Waals surface area (Å²) in [6.07, 6.45) is 5.36. The van der Waals surface area contributed by atoms with E-state index in [9.17, 15) is 4.79 Å². The molecule has 2 saturated heterocycles. The van der Waals surface area contributed by atoms with Crippen LogP contribution in [0.1, 0.15) is 18.5 Å². The van der Waals surface area contributed by atoms with Gasteiger partial charge < -0.3 is 19.1 Å². The molecule has 6 rings (SSSR count). The third-order valence-corrected chi connectivity index (χ3v) is 9.31. The van der Waals surface area contributed by atoms with Crippen molar-refractivity contribution in [1.82, 2.24) is 29.5 Å². The maximum absolute atomic E-state index is 11.9. The number of hydrogen-bond acceptors (Lipinski definition) is 8. The minimum absolute atomic E-state index is 0.163. The molecule has 3 aromatic heterocycles. The summed E-state index contributed by atoms with van der Waals surface area (Å²) < 4.78 is 18.9. The summed E-state index contributed by atoms with van der Waals surface area (Å²) in [6, 6.07) is 17.4. The lowest BCUT2D eigenvalue weighted by atomic mass is 10.0. The summed E-state index contributed by atoms with van der Waals surface area (Å²) in [5.41, 5.74) is 3.90. The molecule has 5 heterocycles. The highest BCUT2D eigenvalue weighted by atomic mass is 28.3. The van der Waals surface area contributed by atoms with Crippen molar-refractivity contribution in [2.75, 3.05) is 32.8 Å². The minimum Gasteiger partial charge on any atom is -0.448 e. The molecule has 11 heteroatoms. The molecule has 0 N–H and O–H groups in total. The van der Waals surface area contributed by atoms with Gasteiger partial charge in [-0.15, -0.1) is 0 Å². The topological polar surface area (TPSA) is 94.8 Å². The first-order chi connectivity index (χ1) is 20.5. The number of pyridine rings is 2. The normalized spacial score (nSPS) is 16.5. The number of piperidine rings is 1. The Balaban J connectivity index is 1.03. The standard InChI is InChI=1S/C31H38N6O4Si/c1-42(2)18-17-39-22-37-29(9-12-33-37)24-4-8-30(32-20-24)41-27-6-7-28-23(19-27)3-5-25(34-28)21-35-13-10-26(11-14-35)36-15-16-40-31(36)38/h3-9,12,19-20,26,42H,10-11,13-18,21-22H2,1-2H3. The van der Waals surface area contributed by atoms with Crippen molar-refractivity contribution in [2.45, 2.75) is 51.3 Å². The molecule has 0 bridgehead atoms. The number of likely N-dealkylation sites (tertiary alicyclic amines) is 1. The molecule has 0 radical (unpaired) electrons. The zero-order chi connectivity index (χ0) is 28.9. The molecule has 0 atom stereocenters. The molecule has 2 aliphatic rings. The predicted molar refractivity (Wildman–Crippen MR) is 163 cm³/mol. The van der Waals surface area contributed by atoms with Gasteiger partial charge in [-0.25, -0.2) is 14.5 Å². The Morgan fingerprint density at radius 3 is 2.69 bits per heavy atom. The lowest BCUT2D eigenvalue weighted by molar-refractivity contribution is 0.0801. The molecule has 0 saturated carbocycles. The molecule has 1 aromatic carbocycles. The fourth-order valence-corrected chi connectivity index (χ4v) is 6.15. The third-order valence-electron chi connectivity index (χ3n) is 7.92. The highest BCUT2D eigenvalue weighted by Crippen LogP contribution is 2.27. The number of cyclic esters (lactones) is 1. The Kier molecular flexibility index (Phi) is 8.78. The molecule has 0 unspecified atom stereocenters. The molecular formula is C31H38N6O4Si. The molecule has 220 valence electrons. The van der Waals surface area contributed by atoms with Crippen LogP contribution in [-0.2, 0) is 22.7 Å². The molecule has 10 nitrogen and oxygen atoms in total. The van der Waals surface area contributed by atoms with Gasteiger partial charge >= 0.3 is 6.09 Å². The van der Waals surface area contributed by atoms with E-state index in [0.717, 1.165) is 73.0 Å². The zero-order valence-electron chi connectivity index (χ0n) is 24.3. The fraction of sp³-hybridized carbons (Fsp3) is 0.419. The molecule has 0 spiro atoms. The first-order valence-electron chi connectivity index (χ1n) is 14.8. The van der Waals surface area contributed by atoms with Crippen LogP contribution in [0.5, 0.6) is 11.6 Å². The van der Waals surface area contributed by atoms with Gasteiger partial charge in [0.15, 0.2) is 0 Å². The molecule has 1 amide bonds. The SMILES string of the molecule is C[SiH](C)CCOCn1nccc1-c1ccc(Oc2ccc3nc(CN4CCC(N5CCOC5=O)CC4)ccc3c2)nc1. The molecule has 2 fully saturated rings. The number of amides is 1. The van der Waals surface area contributed by atoms with E-state index < -0.39 is 8.80 Å². The van der Waals surface area contributed by atoms with Crippen molar-refractivity contribution < 1.29 is 19.0 Å². The maximum Gasteiger partial charge on any atom is 0.410 e. The molecule has 0 aliphatic carbocycles. The van der Waals surface area contributed by atoms with E-state index in [2.05, 4.69) is 40.2 Å². The summed E-state index contributed by atoms with van der Waals surface area (Å²) in [6.45, 7) is 9.78. The highest BCUT2D eigenvalue weighted by molar-refractivity contribution is 6.55. The van der Waals surface area contributed by atoms with Gasteiger partial charge in [0, 0.05) is 70.5 Å². The van der Waals surface area contributed by atoms with Crippen LogP contribution >= 0.6 is 0 Å². The average Bonchev–Trinajstić information content (AvgIpc) is 3.65. The second-order valence-corrected chi connectivity index (χ2v) is 14.8. The monoisotopic (exact) mass is 586 g/mol. The van der Waals surface area contributed by atoms with Crippen LogP contribution in [0.4, 0.5) is 4.79 Å². The molecule has 42 heavy (non-hydrogen) atoms. The number of aromatic nitrogens is 4. The summed E-state index contributed by atoms with van der Waals surface area (Å²) >= 11 is 0. The van der Waals surface area contributed by atoms with Gasteiger partial charge in [-0.3, -0.25) is 9.88 Å². The Hall–Kier alpha value is -3.80.